The van der Waals surface area contributed by atoms with Crippen LogP contribution in [0.5, 0.6) is 5.75 Å². The molecule has 0 aliphatic carbocycles. The van der Waals surface area contributed by atoms with Crippen molar-refractivity contribution in [1.29, 1.82) is 0 Å². The molecule has 1 aliphatic heterocycles. The average molecular weight is 267 g/mol. The van der Waals surface area contributed by atoms with Crippen LogP contribution >= 0.6 is 0 Å². The zero-order valence-corrected chi connectivity index (χ0v) is 12.1. The molecule has 0 unspecified atom stereocenters. The molecule has 0 radical (unpaired) electrons. The summed E-state index contributed by atoms with van der Waals surface area (Å²) in [6, 6.07) is 19.1. The minimum absolute atomic E-state index is 0.0117. The fraction of sp³-hybridized carbons (Fsp3) is 0.333. The van der Waals surface area contributed by atoms with E-state index in [0.717, 1.165) is 18.8 Å². The smallest absolute Gasteiger partial charge is 0.123 e. The predicted octanol–water partition coefficient (Wildman–Crippen LogP) is 3.36. The van der Waals surface area contributed by atoms with Crippen LogP contribution in [-0.4, -0.2) is 19.2 Å². The molecule has 104 valence electrons. The van der Waals surface area contributed by atoms with Crippen LogP contribution in [0.1, 0.15) is 25.0 Å². The van der Waals surface area contributed by atoms with E-state index < -0.39 is 0 Å². The van der Waals surface area contributed by atoms with E-state index >= 15 is 0 Å². The Hall–Kier alpha value is -1.80. The first-order valence-corrected chi connectivity index (χ1v) is 7.20. The van der Waals surface area contributed by atoms with Crippen molar-refractivity contribution in [3.05, 3.63) is 65.7 Å². The second-order valence-corrected chi connectivity index (χ2v) is 5.91. The summed E-state index contributed by atoms with van der Waals surface area (Å²) in [7, 11) is 0. The Bertz CT molecular complexity index is 556. The van der Waals surface area contributed by atoms with Crippen LogP contribution < -0.4 is 10.1 Å². The molecule has 0 amide bonds. The van der Waals surface area contributed by atoms with E-state index in [1.807, 2.05) is 0 Å². The van der Waals surface area contributed by atoms with Crippen LogP contribution in [0.25, 0.3) is 0 Å². The highest BCUT2D eigenvalue weighted by Gasteiger charge is 2.23. The van der Waals surface area contributed by atoms with E-state index in [0.29, 0.717) is 6.10 Å². The summed E-state index contributed by atoms with van der Waals surface area (Å²) in [6.45, 7) is 6.43. The zero-order chi connectivity index (χ0) is 14.0. The maximum absolute atomic E-state index is 5.86. The minimum atomic E-state index is 0.0117. The Morgan fingerprint density at radius 2 is 1.50 bits per heavy atom. The quantitative estimate of drug-likeness (QED) is 0.917. The number of benzene rings is 2. The lowest BCUT2D eigenvalue weighted by Crippen LogP contribution is -2.50. The molecule has 2 aromatic carbocycles. The molecule has 20 heavy (non-hydrogen) atoms. The first kappa shape index (κ1) is 13.2. The molecule has 2 nitrogen and oxygen atoms in total. The summed E-state index contributed by atoms with van der Waals surface area (Å²) < 4.78 is 5.86. The third-order valence-corrected chi connectivity index (χ3v) is 4.12. The van der Waals surface area contributed by atoms with Gasteiger partial charge in [0.25, 0.3) is 0 Å². The van der Waals surface area contributed by atoms with E-state index in [1.165, 1.54) is 11.1 Å². The van der Waals surface area contributed by atoms with Gasteiger partial charge in [-0.05, 0) is 23.3 Å². The van der Waals surface area contributed by atoms with Crippen LogP contribution in [0.4, 0.5) is 0 Å². The van der Waals surface area contributed by atoms with Gasteiger partial charge in [-0.2, -0.15) is 0 Å². The molecule has 0 spiro atoms. The van der Waals surface area contributed by atoms with Crippen LogP contribution in [0.3, 0.4) is 0 Å². The lowest BCUT2D eigenvalue weighted by atomic mass is 9.78. The zero-order valence-electron chi connectivity index (χ0n) is 12.1. The summed E-state index contributed by atoms with van der Waals surface area (Å²) in [5.41, 5.74) is 2.65. The SMILES string of the molecule is CC(C)(c1ccccc1)c1ccc(OC2CNC2)cc1. The largest absolute Gasteiger partial charge is 0.488 e. The monoisotopic (exact) mass is 267 g/mol. The van der Waals surface area contributed by atoms with E-state index in [2.05, 4.69) is 73.8 Å². The van der Waals surface area contributed by atoms with Gasteiger partial charge >= 0.3 is 0 Å². The van der Waals surface area contributed by atoms with Gasteiger partial charge in [0.2, 0.25) is 0 Å². The third-order valence-electron chi connectivity index (χ3n) is 4.12. The Morgan fingerprint density at radius 3 is 2.05 bits per heavy atom. The molecule has 1 heterocycles. The molecule has 0 bridgehead atoms. The Kier molecular flexibility index (Phi) is 3.49. The molecule has 1 aliphatic rings. The third kappa shape index (κ3) is 2.56. The number of nitrogens with one attached hydrogen (secondary N) is 1. The second-order valence-electron chi connectivity index (χ2n) is 5.91. The lowest BCUT2D eigenvalue weighted by Gasteiger charge is -2.29. The molecule has 1 saturated heterocycles. The fourth-order valence-electron chi connectivity index (χ4n) is 2.51. The van der Waals surface area contributed by atoms with Crippen LogP contribution in [0, 0.1) is 0 Å². The minimum Gasteiger partial charge on any atom is -0.488 e. The highest BCUT2D eigenvalue weighted by Crippen LogP contribution is 2.32. The van der Waals surface area contributed by atoms with Gasteiger partial charge in [0.05, 0.1) is 0 Å². The molecule has 2 heteroatoms. The van der Waals surface area contributed by atoms with Crippen molar-refractivity contribution in [3.63, 3.8) is 0 Å². The maximum atomic E-state index is 5.86. The standard InChI is InChI=1S/C18H21NO/c1-18(2,14-6-4-3-5-7-14)15-8-10-16(11-9-15)20-17-12-19-13-17/h3-11,17,19H,12-13H2,1-2H3. The van der Waals surface area contributed by atoms with Crippen molar-refractivity contribution in [2.24, 2.45) is 0 Å². The highest BCUT2D eigenvalue weighted by atomic mass is 16.5. The molecular formula is C18H21NO. The van der Waals surface area contributed by atoms with E-state index in [4.69, 9.17) is 4.74 Å². The van der Waals surface area contributed by atoms with Crippen molar-refractivity contribution in [3.8, 4) is 5.75 Å². The van der Waals surface area contributed by atoms with E-state index in [1.54, 1.807) is 0 Å². The van der Waals surface area contributed by atoms with Crippen molar-refractivity contribution in [2.75, 3.05) is 13.1 Å². The van der Waals surface area contributed by atoms with Gasteiger partial charge in [0.1, 0.15) is 11.9 Å². The second kappa shape index (κ2) is 5.29. The van der Waals surface area contributed by atoms with E-state index in [9.17, 15) is 0 Å². The first-order valence-electron chi connectivity index (χ1n) is 7.20. The molecule has 0 saturated carbocycles. The average Bonchev–Trinajstić information content (AvgIpc) is 2.44. The number of ether oxygens (including phenoxy) is 1. The fourth-order valence-corrected chi connectivity index (χ4v) is 2.51. The molecule has 2 aromatic rings. The summed E-state index contributed by atoms with van der Waals surface area (Å²) in [6.07, 6.45) is 0.336. The number of rotatable bonds is 4. The van der Waals surface area contributed by atoms with Gasteiger partial charge in [0, 0.05) is 18.5 Å². The van der Waals surface area contributed by atoms with Crippen molar-refractivity contribution < 1.29 is 4.74 Å². The van der Waals surface area contributed by atoms with Gasteiger partial charge in [-0.15, -0.1) is 0 Å². The molecular weight excluding hydrogens is 246 g/mol. The van der Waals surface area contributed by atoms with Gasteiger partial charge in [-0.1, -0.05) is 56.3 Å². The molecule has 0 aromatic heterocycles. The topological polar surface area (TPSA) is 21.3 Å². The number of hydrogen-bond donors (Lipinski definition) is 1. The van der Waals surface area contributed by atoms with Crippen molar-refractivity contribution in [1.82, 2.24) is 5.32 Å². The van der Waals surface area contributed by atoms with Crippen LogP contribution in [0.2, 0.25) is 0 Å². The molecule has 1 fully saturated rings. The van der Waals surface area contributed by atoms with Crippen molar-refractivity contribution >= 4 is 0 Å². The summed E-state index contributed by atoms with van der Waals surface area (Å²) in [5, 5.41) is 3.21. The number of hydrogen-bond acceptors (Lipinski definition) is 2. The summed E-state index contributed by atoms with van der Waals surface area (Å²) >= 11 is 0. The Balaban J connectivity index is 1.79. The highest BCUT2D eigenvalue weighted by molar-refractivity contribution is 5.39. The van der Waals surface area contributed by atoms with Crippen LogP contribution in [0.15, 0.2) is 54.6 Å². The van der Waals surface area contributed by atoms with E-state index in [-0.39, 0.29) is 5.41 Å². The Labute approximate surface area is 120 Å². The summed E-state index contributed by atoms with van der Waals surface area (Å²) in [5.74, 6) is 0.962. The van der Waals surface area contributed by atoms with Crippen LogP contribution in [-0.2, 0) is 5.41 Å². The molecule has 3 rings (SSSR count). The summed E-state index contributed by atoms with van der Waals surface area (Å²) in [4.78, 5) is 0. The lowest BCUT2D eigenvalue weighted by molar-refractivity contribution is 0.142. The normalized spacial score (nSPS) is 15.7. The molecule has 0 atom stereocenters. The molecule has 1 N–H and O–H groups in total. The van der Waals surface area contributed by atoms with Gasteiger partial charge < -0.3 is 10.1 Å². The van der Waals surface area contributed by atoms with Gasteiger partial charge in [-0.3, -0.25) is 0 Å². The van der Waals surface area contributed by atoms with Gasteiger partial charge in [0.15, 0.2) is 0 Å². The predicted molar refractivity (Wildman–Crippen MR) is 82.3 cm³/mol. The first-order chi connectivity index (χ1) is 9.66. The van der Waals surface area contributed by atoms with Crippen molar-refractivity contribution in [2.45, 2.75) is 25.4 Å². The Morgan fingerprint density at radius 1 is 0.900 bits per heavy atom. The van der Waals surface area contributed by atoms with Gasteiger partial charge in [-0.25, -0.2) is 0 Å². The maximum Gasteiger partial charge on any atom is 0.123 e.